The molecule has 0 saturated heterocycles. The number of unbranched alkanes of at least 4 members (excludes halogenated alkanes) is 2. The first-order valence-corrected chi connectivity index (χ1v) is 13.6. The van der Waals surface area contributed by atoms with Crippen LogP contribution in [0.1, 0.15) is 32.6 Å². The Kier molecular flexibility index (Phi) is 17.4. The van der Waals surface area contributed by atoms with Crippen molar-refractivity contribution in [3.05, 3.63) is 0 Å². The van der Waals surface area contributed by atoms with Crippen LogP contribution in [0.25, 0.3) is 0 Å². The Morgan fingerprint density at radius 3 is 1.52 bits per heavy atom. The van der Waals surface area contributed by atoms with Crippen molar-refractivity contribution in [3.8, 4) is 0 Å². The Hall–Kier alpha value is 0.194. The molecule has 0 radical (unpaired) electrons. The standard InChI is InChI=1S/C8H21NOSi.C7H19NO3Si/c1-4-10-11(2,3)8-6-5-7-9;1-9-12(10-2,11-3)7-5-4-6-8/h4-9H2,1-3H3;4-8H2,1-3H3. The second-order valence-electron chi connectivity index (χ2n) is 5.98. The Morgan fingerprint density at radius 2 is 1.17 bits per heavy atom. The van der Waals surface area contributed by atoms with Crippen LogP contribution in [-0.2, 0) is 17.7 Å². The van der Waals surface area contributed by atoms with E-state index in [2.05, 4.69) is 20.0 Å². The molecule has 0 amide bonds. The molecule has 0 aromatic heterocycles. The van der Waals surface area contributed by atoms with E-state index in [4.69, 9.17) is 29.2 Å². The van der Waals surface area contributed by atoms with Gasteiger partial charge in [-0.05, 0) is 58.4 Å². The van der Waals surface area contributed by atoms with Crippen LogP contribution in [0.4, 0.5) is 0 Å². The van der Waals surface area contributed by atoms with E-state index in [1.165, 1.54) is 12.5 Å². The van der Waals surface area contributed by atoms with Crippen molar-refractivity contribution < 1.29 is 17.7 Å². The van der Waals surface area contributed by atoms with E-state index in [1.54, 1.807) is 21.3 Å². The Bertz CT molecular complexity index is 247. The molecule has 0 aliphatic carbocycles. The van der Waals surface area contributed by atoms with Gasteiger partial charge in [-0.25, -0.2) is 0 Å². The largest absolute Gasteiger partial charge is 0.500 e. The zero-order chi connectivity index (χ0) is 18.2. The minimum atomic E-state index is -2.31. The maximum atomic E-state index is 5.67. The van der Waals surface area contributed by atoms with Crippen LogP contribution >= 0.6 is 0 Å². The fraction of sp³-hybridized carbons (Fsp3) is 1.00. The summed E-state index contributed by atoms with van der Waals surface area (Å²) in [5.74, 6) is 0. The number of hydrogen-bond acceptors (Lipinski definition) is 6. The highest BCUT2D eigenvalue weighted by Gasteiger charge is 2.36. The highest BCUT2D eigenvalue weighted by molar-refractivity contribution is 6.71. The fourth-order valence-corrected chi connectivity index (χ4v) is 6.02. The molecule has 0 heterocycles. The molecule has 0 fully saturated rings. The molecule has 0 aliphatic heterocycles. The molecule has 0 aromatic rings. The summed E-state index contributed by atoms with van der Waals surface area (Å²) in [7, 11) is 1.27. The lowest BCUT2D eigenvalue weighted by Gasteiger charge is -2.23. The number of rotatable bonds is 13. The van der Waals surface area contributed by atoms with E-state index in [-0.39, 0.29) is 0 Å². The van der Waals surface area contributed by atoms with Crippen molar-refractivity contribution in [2.24, 2.45) is 11.5 Å². The smallest absolute Gasteiger partial charge is 0.418 e. The van der Waals surface area contributed by atoms with Crippen LogP contribution < -0.4 is 11.5 Å². The molecular formula is C15H40N2O4Si2. The van der Waals surface area contributed by atoms with Gasteiger partial charge in [0.2, 0.25) is 0 Å². The topological polar surface area (TPSA) is 89.0 Å². The Labute approximate surface area is 145 Å². The van der Waals surface area contributed by atoms with Crippen molar-refractivity contribution in [1.29, 1.82) is 0 Å². The first-order valence-electron chi connectivity index (χ1n) is 8.56. The predicted octanol–water partition coefficient (Wildman–Crippen LogP) is 2.57. The maximum absolute atomic E-state index is 5.67. The van der Waals surface area contributed by atoms with Crippen LogP contribution in [0, 0.1) is 0 Å². The summed E-state index contributed by atoms with van der Waals surface area (Å²) in [5, 5.41) is 0. The lowest BCUT2D eigenvalue weighted by Crippen LogP contribution is -2.42. The van der Waals surface area contributed by atoms with Crippen molar-refractivity contribution in [1.82, 2.24) is 0 Å². The van der Waals surface area contributed by atoms with E-state index < -0.39 is 17.1 Å². The second kappa shape index (κ2) is 15.7. The number of hydrogen-bond donors (Lipinski definition) is 2. The van der Waals surface area contributed by atoms with Crippen molar-refractivity contribution in [3.63, 3.8) is 0 Å². The summed E-state index contributed by atoms with van der Waals surface area (Å²) in [5.41, 5.74) is 10.8. The van der Waals surface area contributed by atoms with Crippen LogP contribution in [-0.4, -0.2) is 58.1 Å². The van der Waals surface area contributed by atoms with E-state index in [1.807, 2.05) is 0 Å². The third-order valence-electron chi connectivity index (χ3n) is 3.64. The SMILES string of the molecule is CCO[Si](C)(C)CCCCN.CO[Si](CCCCN)(OC)OC. The molecule has 6 nitrogen and oxygen atoms in total. The minimum Gasteiger partial charge on any atom is -0.418 e. The Morgan fingerprint density at radius 1 is 0.739 bits per heavy atom. The predicted molar refractivity (Wildman–Crippen MR) is 102 cm³/mol. The van der Waals surface area contributed by atoms with Gasteiger partial charge >= 0.3 is 8.80 Å². The van der Waals surface area contributed by atoms with Crippen molar-refractivity contribution in [2.45, 2.75) is 57.8 Å². The summed E-state index contributed by atoms with van der Waals surface area (Å²) in [6.45, 7) is 9.00. The summed E-state index contributed by atoms with van der Waals surface area (Å²) < 4.78 is 21.4. The van der Waals surface area contributed by atoms with Crippen molar-refractivity contribution in [2.75, 3.05) is 41.0 Å². The molecule has 4 N–H and O–H groups in total. The zero-order valence-corrected chi connectivity index (χ0v) is 18.2. The van der Waals surface area contributed by atoms with Gasteiger partial charge in [0, 0.05) is 34.0 Å². The van der Waals surface area contributed by atoms with E-state index in [9.17, 15) is 0 Å². The van der Waals surface area contributed by atoms with E-state index >= 15 is 0 Å². The fourth-order valence-electron chi connectivity index (χ4n) is 2.20. The number of nitrogens with two attached hydrogens (primary N) is 2. The molecule has 142 valence electrons. The molecule has 0 unspecified atom stereocenters. The highest BCUT2D eigenvalue weighted by Crippen LogP contribution is 2.15. The quantitative estimate of drug-likeness (QED) is 0.384. The second-order valence-corrected chi connectivity index (χ2v) is 13.4. The van der Waals surface area contributed by atoms with Crippen LogP contribution in [0.15, 0.2) is 0 Å². The minimum absolute atomic E-state index is 0.710. The average Bonchev–Trinajstić information content (AvgIpc) is 2.53. The first kappa shape index (κ1) is 25.4. The molecule has 23 heavy (non-hydrogen) atoms. The summed E-state index contributed by atoms with van der Waals surface area (Å²) >= 11 is 0. The van der Waals surface area contributed by atoms with Gasteiger partial charge in [0.25, 0.3) is 0 Å². The lowest BCUT2D eigenvalue weighted by atomic mass is 10.3. The van der Waals surface area contributed by atoms with Gasteiger partial charge in [0.15, 0.2) is 8.32 Å². The first-order chi connectivity index (χ1) is 10.9. The molecule has 0 atom stereocenters. The molecule has 0 aliphatic rings. The summed E-state index contributed by atoms with van der Waals surface area (Å²) in [6.07, 6.45) is 4.36. The van der Waals surface area contributed by atoms with Gasteiger partial charge in [0.1, 0.15) is 0 Å². The third-order valence-corrected chi connectivity index (χ3v) is 9.10. The molecule has 8 heteroatoms. The normalized spacial score (nSPS) is 12.0. The van der Waals surface area contributed by atoms with Gasteiger partial charge < -0.3 is 29.2 Å². The molecule has 0 rings (SSSR count). The lowest BCUT2D eigenvalue weighted by molar-refractivity contribution is 0.123. The van der Waals surface area contributed by atoms with Gasteiger partial charge in [-0.2, -0.15) is 0 Å². The maximum Gasteiger partial charge on any atom is 0.500 e. The molecule has 0 saturated carbocycles. The van der Waals surface area contributed by atoms with Gasteiger partial charge in [-0.1, -0.05) is 6.42 Å². The van der Waals surface area contributed by atoms with Gasteiger partial charge in [0.05, 0.1) is 0 Å². The molecule has 0 bridgehead atoms. The van der Waals surface area contributed by atoms with Crippen LogP contribution in [0.3, 0.4) is 0 Å². The molecular weight excluding hydrogens is 328 g/mol. The van der Waals surface area contributed by atoms with Crippen molar-refractivity contribution >= 4 is 17.1 Å². The zero-order valence-electron chi connectivity index (χ0n) is 16.2. The summed E-state index contributed by atoms with van der Waals surface area (Å²) in [4.78, 5) is 0. The highest BCUT2D eigenvalue weighted by atomic mass is 28.4. The third kappa shape index (κ3) is 14.3. The van der Waals surface area contributed by atoms with Crippen LogP contribution in [0.2, 0.25) is 25.2 Å². The van der Waals surface area contributed by atoms with E-state index in [0.717, 1.165) is 38.5 Å². The molecule has 0 spiro atoms. The van der Waals surface area contributed by atoms with E-state index in [0.29, 0.717) is 6.54 Å². The monoisotopic (exact) mass is 368 g/mol. The van der Waals surface area contributed by atoms with Gasteiger partial charge in [-0.3, -0.25) is 0 Å². The molecule has 0 aromatic carbocycles. The average molecular weight is 369 g/mol. The summed E-state index contributed by atoms with van der Waals surface area (Å²) in [6, 6.07) is 2.09. The van der Waals surface area contributed by atoms with Gasteiger partial charge in [-0.15, -0.1) is 0 Å². The Balaban J connectivity index is 0. The van der Waals surface area contributed by atoms with Crippen LogP contribution in [0.5, 0.6) is 0 Å².